The van der Waals surface area contributed by atoms with Crippen molar-refractivity contribution in [2.45, 2.75) is 38.8 Å². The lowest BCUT2D eigenvalue weighted by molar-refractivity contribution is -0.0500. The van der Waals surface area contributed by atoms with Crippen LogP contribution in [0.5, 0.6) is 5.75 Å². The molecule has 0 spiro atoms. The van der Waals surface area contributed by atoms with Crippen LogP contribution in [0.1, 0.15) is 31.4 Å². The van der Waals surface area contributed by atoms with Gasteiger partial charge in [-0.25, -0.2) is 4.99 Å². The lowest BCUT2D eigenvalue weighted by Gasteiger charge is -2.20. The molecule has 1 aromatic rings. The molecule has 22 heavy (non-hydrogen) atoms. The van der Waals surface area contributed by atoms with Crippen LogP contribution in [0, 0.1) is 0 Å². The summed E-state index contributed by atoms with van der Waals surface area (Å²) in [6.45, 7) is -0.639. The number of likely N-dealkylation sites (tertiary alicyclic amines) is 1. The van der Waals surface area contributed by atoms with Gasteiger partial charge in [0.2, 0.25) is 0 Å². The Labute approximate surface area is 146 Å². The third kappa shape index (κ3) is 6.29. The zero-order chi connectivity index (χ0) is 15.1. The number of ether oxygens (including phenoxy) is 1. The molecule has 0 atom stereocenters. The molecule has 0 bridgehead atoms. The molecule has 1 aromatic heterocycles. The van der Waals surface area contributed by atoms with Crippen LogP contribution in [0.25, 0.3) is 0 Å². The molecule has 0 radical (unpaired) electrons. The first-order chi connectivity index (χ1) is 10.1. The van der Waals surface area contributed by atoms with Crippen LogP contribution >= 0.6 is 24.0 Å². The highest BCUT2D eigenvalue weighted by Gasteiger charge is 2.10. The van der Waals surface area contributed by atoms with Gasteiger partial charge in [-0.05, 0) is 25.0 Å². The van der Waals surface area contributed by atoms with Crippen molar-refractivity contribution in [2.24, 2.45) is 10.7 Å². The molecule has 1 aliphatic heterocycles. The van der Waals surface area contributed by atoms with Gasteiger partial charge in [0.05, 0.1) is 18.4 Å². The van der Waals surface area contributed by atoms with Crippen LogP contribution in [0.15, 0.2) is 23.3 Å². The molecule has 0 unspecified atom stereocenters. The maximum atomic E-state index is 12.0. The molecule has 1 fully saturated rings. The summed E-state index contributed by atoms with van der Waals surface area (Å²) in [7, 11) is 0. The SMILES string of the molecule is I.NC(=NCc1ccc(OC(F)F)cn1)N1CCCCCC1. The molecule has 2 heterocycles. The van der Waals surface area contributed by atoms with E-state index in [0.29, 0.717) is 18.2 Å². The average molecular weight is 426 g/mol. The molecule has 124 valence electrons. The molecule has 0 amide bonds. The first-order valence-corrected chi connectivity index (χ1v) is 7.10. The minimum atomic E-state index is -2.84. The standard InChI is InChI=1S/C14H20F2N4O.HI/c15-13(16)21-12-6-5-11(18-10-12)9-19-14(17)20-7-3-1-2-4-8-20;/h5-6,10,13H,1-4,7-9H2,(H2,17,19);1H. The Morgan fingerprint density at radius 1 is 1.27 bits per heavy atom. The summed E-state index contributed by atoms with van der Waals surface area (Å²) in [5.74, 6) is 0.560. The molecule has 0 saturated carbocycles. The van der Waals surface area contributed by atoms with Crippen molar-refractivity contribution in [1.29, 1.82) is 0 Å². The van der Waals surface area contributed by atoms with Crippen LogP contribution in [0.4, 0.5) is 8.78 Å². The Morgan fingerprint density at radius 3 is 2.50 bits per heavy atom. The molecule has 0 aromatic carbocycles. The minimum Gasteiger partial charge on any atom is -0.433 e. The molecule has 1 saturated heterocycles. The summed E-state index contributed by atoms with van der Waals surface area (Å²) in [5, 5.41) is 0. The Bertz CT molecular complexity index is 462. The fourth-order valence-electron chi connectivity index (χ4n) is 2.24. The first kappa shape index (κ1) is 18.9. The molecular formula is C14H21F2IN4O. The summed E-state index contributed by atoms with van der Waals surface area (Å²) < 4.78 is 28.3. The van der Waals surface area contributed by atoms with Crippen molar-refractivity contribution in [3.05, 3.63) is 24.0 Å². The lowest BCUT2D eigenvalue weighted by atomic mass is 10.2. The van der Waals surface area contributed by atoms with Gasteiger partial charge < -0.3 is 15.4 Å². The molecule has 8 heteroatoms. The summed E-state index contributed by atoms with van der Waals surface area (Å²) in [6, 6.07) is 3.06. The number of pyridine rings is 1. The van der Waals surface area contributed by atoms with Crippen molar-refractivity contribution < 1.29 is 13.5 Å². The minimum absolute atomic E-state index is 0. The van der Waals surface area contributed by atoms with E-state index in [9.17, 15) is 8.78 Å². The van der Waals surface area contributed by atoms with E-state index >= 15 is 0 Å². The van der Waals surface area contributed by atoms with Gasteiger partial charge in [0.25, 0.3) is 0 Å². The quantitative estimate of drug-likeness (QED) is 0.457. The first-order valence-electron chi connectivity index (χ1n) is 7.10. The molecule has 0 aliphatic carbocycles. The summed E-state index contributed by atoms with van der Waals surface area (Å²) in [4.78, 5) is 10.4. The van der Waals surface area contributed by atoms with E-state index in [0.717, 1.165) is 25.9 Å². The number of nitrogens with two attached hydrogens (primary N) is 1. The number of rotatable bonds is 4. The van der Waals surface area contributed by atoms with Crippen LogP contribution < -0.4 is 10.5 Å². The number of nitrogens with zero attached hydrogens (tertiary/aromatic N) is 3. The van der Waals surface area contributed by atoms with E-state index < -0.39 is 6.61 Å². The highest BCUT2D eigenvalue weighted by atomic mass is 127. The smallest absolute Gasteiger partial charge is 0.387 e. The van der Waals surface area contributed by atoms with Crippen molar-refractivity contribution >= 4 is 29.9 Å². The van der Waals surface area contributed by atoms with Gasteiger partial charge in [-0.15, -0.1) is 24.0 Å². The molecule has 1 aliphatic rings. The van der Waals surface area contributed by atoms with Gasteiger partial charge in [0, 0.05) is 13.1 Å². The number of alkyl halides is 2. The van der Waals surface area contributed by atoms with Crippen LogP contribution in [-0.4, -0.2) is 35.5 Å². The van der Waals surface area contributed by atoms with Gasteiger partial charge in [0.1, 0.15) is 5.75 Å². The number of guanidine groups is 1. The predicted octanol–water partition coefficient (Wildman–Crippen LogP) is 2.99. The Balaban J connectivity index is 0.00000242. The van der Waals surface area contributed by atoms with Crippen LogP contribution in [0.3, 0.4) is 0 Å². The highest BCUT2D eigenvalue weighted by Crippen LogP contribution is 2.13. The number of aromatic nitrogens is 1. The number of aliphatic imine (C=N–C) groups is 1. The third-order valence-corrected chi connectivity index (χ3v) is 3.36. The third-order valence-electron chi connectivity index (χ3n) is 3.36. The summed E-state index contributed by atoms with van der Waals surface area (Å²) >= 11 is 0. The summed E-state index contributed by atoms with van der Waals surface area (Å²) in [6.07, 6.45) is 6.00. The maximum absolute atomic E-state index is 12.0. The highest BCUT2D eigenvalue weighted by molar-refractivity contribution is 14.0. The van der Waals surface area contributed by atoms with E-state index in [2.05, 4.69) is 19.6 Å². The normalized spacial score (nSPS) is 16.1. The monoisotopic (exact) mass is 426 g/mol. The topological polar surface area (TPSA) is 63.7 Å². The Kier molecular flexibility index (Phi) is 8.36. The van der Waals surface area contributed by atoms with Gasteiger partial charge >= 0.3 is 6.61 Å². The van der Waals surface area contributed by atoms with Crippen LogP contribution in [-0.2, 0) is 6.54 Å². The maximum Gasteiger partial charge on any atom is 0.387 e. The van der Waals surface area contributed by atoms with E-state index in [4.69, 9.17) is 5.73 Å². The fraction of sp³-hybridized carbons (Fsp3) is 0.571. The second kappa shape index (κ2) is 9.75. The van der Waals surface area contributed by atoms with Gasteiger partial charge in [-0.2, -0.15) is 8.78 Å². The van der Waals surface area contributed by atoms with E-state index in [1.165, 1.54) is 25.1 Å². The van der Waals surface area contributed by atoms with Gasteiger partial charge in [-0.1, -0.05) is 12.8 Å². The van der Waals surface area contributed by atoms with Crippen molar-refractivity contribution in [1.82, 2.24) is 9.88 Å². The average Bonchev–Trinajstić information content (AvgIpc) is 2.75. The molecule has 2 rings (SSSR count). The van der Waals surface area contributed by atoms with E-state index in [1.807, 2.05) is 0 Å². The Hall–Kier alpha value is -1.19. The second-order valence-corrected chi connectivity index (χ2v) is 4.94. The van der Waals surface area contributed by atoms with Crippen molar-refractivity contribution in [3.8, 4) is 5.75 Å². The number of hydrogen-bond acceptors (Lipinski definition) is 3. The van der Waals surface area contributed by atoms with Crippen molar-refractivity contribution in [2.75, 3.05) is 13.1 Å². The van der Waals surface area contributed by atoms with Crippen molar-refractivity contribution in [3.63, 3.8) is 0 Å². The van der Waals surface area contributed by atoms with E-state index in [-0.39, 0.29) is 29.7 Å². The summed E-state index contributed by atoms with van der Waals surface area (Å²) in [5.41, 5.74) is 6.65. The fourth-order valence-corrected chi connectivity index (χ4v) is 2.24. The van der Waals surface area contributed by atoms with E-state index in [1.54, 1.807) is 6.07 Å². The molecule has 5 nitrogen and oxygen atoms in total. The zero-order valence-corrected chi connectivity index (χ0v) is 14.6. The molecule has 2 N–H and O–H groups in total. The zero-order valence-electron chi connectivity index (χ0n) is 12.3. The number of halogens is 3. The Morgan fingerprint density at radius 2 is 1.95 bits per heavy atom. The lowest BCUT2D eigenvalue weighted by Crippen LogP contribution is -2.38. The largest absolute Gasteiger partial charge is 0.433 e. The van der Waals surface area contributed by atoms with Gasteiger partial charge in [-0.3, -0.25) is 4.98 Å². The molecular weight excluding hydrogens is 405 g/mol. The predicted molar refractivity (Wildman–Crippen MR) is 91.7 cm³/mol. The second-order valence-electron chi connectivity index (χ2n) is 4.94. The number of hydrogen-bond donors (Lipinski definition) is 1. The van der Waals surface area contributed by atoms with Crippen LogP contribution in [0.2, 0.25) is 0 Å². The van der Waals surface area contributed by atoms with Gasteiger partial charge in [0.15, 0.2) is 5.96 Å².